The van der Waals surface area contributed by atoms with Crippen molar-refractivity contribution in [3.05, 3.63) is 23.5 Å². The van der Waals surface area contributed by atoms with Gasteiger partial charge in [0.05, 0.1) is 12.1 Å². The van der Waals surface area contributed by atoms with Crippen molar-refractivity contribution in [3.63, 3.8) is 0 Å². The lowest BCUT2D eigenvalue weighted by Gasteiger charge is -2.25. The lowest BCUT2D eigenvalue weighted by atomic mass is 10.0. The molecule has 0 spiro atoms. The molecule has 0 bridgehead atoms. The number of nitrogens with zero attached hydrogens (tertiary/aromatic N) is 2. The molecule has 0 fully saturated rings. The molecule has 2 heterocycles. The summed E-state index contributed by atoms with van der Waals surface area (Å²) < 4.78 is 1.91. The van der Waals surface area contributed by atoms with E-state index in [-0.39, 0.29) is 24.5 Å². The summed E-state index contributed by atoms with van der Waals surface area (Å²) in [6.07, 6.45) is 4.59. The minimum Gasteiger partial charge on any atom is -0.396 e. The number of carbonyl (C=O) groups excluding carboxylic acids is 1. The van der Waals surface area contributed by atoms with Crippen LogP contribution < -0.4 is 5.32 Å². The standard InChI is InChI=1S/C12H17N3O2S/c1-12(2,3-5-16)14-10(17)7-9-8-15-4-6-18-11(15)13-9/h4,6,8,16H,3,5,7H2,1-2H3,(H,14,17). The van der Waals surface area contributed by atoms with E-state index in [9.17, 15) is 4.79 Å². The van der Waals surface area contributed by atoms with Gasteiger partial charge in [0, 0.05) is 29.9 Å². The maximum atomic E-state index is 11.9. The quantitative estimate of drug-likeness (QED) is 0.856. The van der Waals surface area contributed by atoms with Crippen molar-refractivity contribution in [2.45, 2.75) is 32.2 Å². The Morgan fingerprint density at radius 1 is 1.61 bits per heavy atom. The summed E-state index contributed by atoms with van der Waals surface area (Å²) in [4.78, 5) is 17.1. The third-order valence-corrected chi connectivity index (χ3v) is 3.47. The van der Waals surface area contributed by atoms with Crippen LogP contribution in [0.2, 0.25) is 0 Å². The first kappa shape index (κ1) is 13.0. The van der Waals surface area contributed by atoms with Crippen molar-refractivity contribution in [1.82, 2.24) is 14.7 Å². The highest BCUT2D eigenvalue weighted by molar-refractivity contribution is 7.15. The topological polar surface area (TPSA) is 66.6 Å². The van der Waals surface area contributed by atoms with Crippen LogP contribution in [0.25, 0.3) is 4.96 Å². The van der Waals surface area contributed by atoms with Crippen molar-refractivity contribution >= 4 is 22.2 Å². The number of aliphatic hydroxyl groups is 1. The predicted molar refractivity (Wildman–Crippen MR) is 70.7 cm³/mol. The van der Waals surface area contributed by atoms with Crippen LogP contribution in [0.5, 0.6) is 0 Å². The zero-order valence-corrected chi connectivity index (χ0v) is 11.3. The van der Waals surface area contributed by atoms with Crippen molar-refractivity contribution in [1.29, 1.82) is 0 Å². The summed E-state index contributed by atoms with van der Waals surface area (Å²) >= 11 is 1.54. The van der Waals surface area contributed by atoms with E-state index < -0.39 is 0 Å². The number of hydrogen-bond acceptors (Lipinski definition) is 4. The molecular formula is C12H17N3O2S. The molecule has 2 N–H and O–H groups in total. The van der Waals surface area contributed by atoms with Crippen molar-refractivity contribution in [2.24, 2.45) is 0 Å². The van der Waals surface area contributed by atoms with E-state index in [4.69, 9.17) is 5.11 Å². The molecule has 0 aliphatic carbocycles. The number of nitrogens with one attached hydrogen (secondary N) is 1. The Bertz CT molecular complexity index is 516. The number of thiazole rings is 1. The maximum absolute atomic E-state index is 11.9. The van der Waals surface area contributed by atoms with Crippen LogP contribution in [-0.2, 0) is 11.2 Å². The van der Waals surface area contributed by atoms with Crippen molar-refractivity contribution < 1.29 is 9.90 Å². The van der Waals surface area contributed by atoms with Gasteiger partial charge in [0.25, 0.3) is 0 Å². The number of aliphatic hydroxyl groups excluding tert-OH is 1. The Kier molecular flexibility index (Phi) is 3.68. The zero-order valence-electron chi connectivity index (χ0n) is 10.5. The highest BCUT2D eigenvalue weighted by Crippen LogP contribution is 2.12. The Morgan fingerprint density at radius 3 is 3.06 bits per heavy atom. The second-order valence-electron chi connectivity index (χ2n) is 4.91. The first-order valence-electron chi connectivity index (χ1n) is 5.83. The molecule has 0 saturated carbocycles. The molecule has 0 aliphatic heterocycles. The van der Waals surface area contributed by atoms with Crippen LogP contribution in [0.4, 0.5) is 0 Å². The van der Waals surface area contributed by atoms with Gasteiger partial charge >= 0.3 is 0 Å². The molecule has 98 valence electrons. The van der Waals surface area contributed by atoms with E-state index in [0.717, 1.165) is 10.7 Å². The number of carbonyl (C=O) groups is 1. The molecule has 0 aliphatic rings. The average Bonchev–Trinajstić information content (AvgIpc) is 2.75. The lowest BCUT2D eigenvalue weighted by Crippen LogP contribution is -2.44. The molecule has 0 radical (unpaired) electrons. The number of rotatable bonds is 5. The number of hydrogen-bond donors (Lipinski definition) is 2. The van der Waals surface area contributed by atoms with Gasteiger partial charge in [-0.2, -0.15) is 0 Å². The van der Waals surface area contributed by atoms with E-state index in [1.807, 2.05) is 36.0 Å². The normalized spacial score (nSPS) is 11.9. The average molecular weight is 267 g/mol. The van der Waals surface area contributed by atoms with Gasteiger partial charge in [-0.1, -0.05) is 0 Å². The Hall–Kier alpha value is -1.40. The molecular weight excluding hydrogens is 250 g/mol. The molecule has 1 amide bonds. The molecule has 2 aromatic heterocycles. The summed E-state index contributed by atoms with van der Waals surface area (Å²) in [5, 5.41) is 13.8. The largest absolute Gasteiger partial charge is 0.396 e. The summed E-state index contributed by atoms with van der Waals surface area (Å²) in [5.74, 6) is -0.0702. The van der Waals surface area contributed by atoms with Crippen molar-refractivity contribution in [3.8, 4) is 0 Å². The minimum absolute atomic E-state index is 0.0630. The molecule has 18 heavy (non-hydrogen) atoms. The molecule has 2 aromatic rings. The summed E-state index contributed by atoms with van der Waals surface area (Å²) in [5.41, 5.74) is 0.377. The second kappa shape index (κ2) is 5.07. The Labute approximate surface area is 109 Å². The first-order chi connectivity index (χ1) is 8.50. The lowest BCUT2D eigenvalue weighted by molar-refractivity contribution is -0.122. The summed E-state index contributed by atoms with van der Waals surface area (Å²) in [6, 6.07) is 0. The minimum atomic E-state index is -0.386. The summed E-state index contributed by atoms with van der Waals surface area (Å²) in [7, 11) is 0. The number of fused-ring (bicyclic) bond motifs is 1. The molecule has 6 heteroatoms. The highest BCUT2D eigenvalue weighted by atomic mass is 32.1. The maximum Gasteiger partial charge on any atom is 0.226 e. The fourth-order valence-corrected chi connectivity index (χ4v) is 2.51. The fraction of sp³-hybridized carbons (Fsp3) is 0.500. The van der Waals surface area contributed by atoms with Gasteiger partial charge in [-0.3, -0.25) is 9.20 Å². The monoisotopic (exact) mass is 267 g/mol. The van der Waals surface area contributed by atoms with Crippen LogP contribution in [0, 0.1) is 0 Å². The number of aromatic nitrogens is 2. The molecule has 0 unspecified atom stereocenters. The van der Waals surface area contributed by atoms with E-state index in [1.165, 1.54) is 0 Å². The fourth-order valence-electron chi connectivity index (χ4n) is 1.79. The predicted octanol–water partition coefficient (Wildman–Crippen LogP) is 1.22. The van der Waals surface area contributed by atoms with Crippen LogP contribution in [0.1, 0.15) is 26.0 Å². The number of imidazole rings is 1. The van der Waals surface area contributed by atoms with Crippen LogP contribution >= 0.6 is 11.3 Å². The molecule has 0 aromatic carbocycles. The molecule has 2 rings (SSSR count). The smallest absolute Gasteiger partial charge is 0.226 e. The highest BCUT2D eigenvalue weighted by Gasteiger charge is 2.20. The summed E-state index contributed by atoms with van der Waals surface area (Å²) in [6.45, 7) is 3.85. The van der Waals surface area contributed by atoms with Gasteiger partial charge in [-0.15, -0.1) is 11.3 Å². The molecule has 0 atom stereocenters. The van der Waals surface area contributed by atoms with Gasteiger partial charge in [0.15, 0.2) is 4.96 Å². The van der Waals surface area contributed by atoms with E-state index in [1.54, 1.807) is 11.3 Å². The SMILES string of the molecule is CC(C)(CCO)NC(=O)Cc1cn2ccsc2n1. The zero-order chi connectivity index (χ0) is 13.2. The van der Waals surface area contributed by atoms with Gasteiger partial charge in [-0.25, -0.2) is 4.98 Å². The molecule has 5 nitrogen and oxygen atoms in total. The van der Waals surface area contributed by atoms with Gasteiger partial charge in [0.1, 0.15) is 0 Å². The Balaban J connectivity index is 1.97. The van der Waals surface area contributed by atoms with Gasteiger partial charge < -0.3 is 10.4 Å². The van der Waals surface area contributed by atoms with Crippen LogP contribution in [0.3, 0.4) is 0 Å². The van der Waals surface area contributed by atoms with E-state index in [0.29, 0.717) is 6.42 Å². The van der Waals surface area contributed by atoms with E-state index >= 15 is 0 Å². The first-order valence-corrected chi connectivity index (χ1v) is 6.71. The third kappa shape index (κ3) is 3.08. The third-order valence-electron chi connectivity index (χ3n) is 2.70. The van der Waals surface area contributed by atoms with E-state index in [2.05, 4.69) is 10.3 Å². The van der Waals surface area contributed by atoms with Crippen LogP contribution in [-0.4, -0.2) is 32.5 Å². The molecule has 0 saturated heterocycles. The Morgan fingerprint density at radius 2 is 2.39 bits per heavy atom. The van der Waals surface area contributed by atoms with Gasteiger partial charge in [-0.05, 0) is 20.3 Å². The second-order valence-corrected chi connectivity index (χ2v) is 5.78. The number of amides is 1. The van der Waals surface area contributed by atoms with Crippen molar-refractivity contribution in [2.75, 3.05) is 6.61 Å². The van der Waals surface area contributed by atoms with Crippen LogP contribution in [0.15, 0.2) is 17.8 Å². The van der Waals surface area contributed by atoms with Gasteiger partial charge in [0.2, 0.25) is 5.91 Å².